The van der Waals surface area contributed by atoms with Crippen LogP contribution in [0.1, 0.15) is 5.56 Å². The van der Waals surface area contributed by atoms with E-state index in [2.05, 4.69) is 78.0 Å². The second-order valence-corrected chi connectivity index (χ2v) is 8.57. The lowest BCUT2D eigenvalue weighted by atomic mass is 10.0. The van der Waals surface area contributed by atoms with E-state index in [1.54, 1.807) is 0 Å². The van der Waals surface area contributed by atoms with Gasteiger partial charge in [0.25, 0.3) is 0 Å². The molecule has 2 nitrogen and oxygen atoms in total. The SMILES string of the molecule is ON=C(CP(c1ccccc1)c1ccccc1)c1ccc2ccccc2c1. The smallest absolute Gasteiger partial charge is 0.0916 e. The fraction of sp³-hybridized carbons (Fsp3) is 0.0417. The summed E-state index contributed by atoms with van der Waals surface area (Å²) in [5.41, 5.74) is 1.69. The van der Waals surface area contributed by atoms with Gasteiger partial charge in [-0.25, -0.2) is 0 Å². The van der Waals surface area contributed by atoms with Crippen molar-refractivity contribution in [1.29, 1.82) is 0 Å². The molecule has 0 spiro atoms. The van der Waals surface area contributed by atoms with E-state index in [4.69, 9.17) is 0 Å². The number of hydrogen-bond donors (Lipinski definition) is 1. The van der Waals surface area contributed by atoms with Crippen molar-refractivity contribution in [3.05, 3.63) is 109 Å². The van der Waals surface area contributed by atoms with Crippen LogP contribution in [0.5, 0.6) is 0 Å². The molecular formula is C24H20NOP. The third kappa shape index (κ3) is 3.92. The Morgan fingerprint density at radius 2 is 1.22 bits per heavy atom. The van der Waals surface area contributed by atoms with Gasteiger partial charge < -0.3 is 5.21 Å². The van der Waals surface area contributed by atoms with Crippen LogP contribution in [0.15, 0.2) is 108 Å². The standard InChI is InChI=1S/C24H20NOP/c26-25-24(21-16-15-19-9-7-8-10-20(19)17-21)18-27(22-11-3-1-4-12-22)23-13-5-2-6-14-23/h1-17,26H,18H2. The molecule has 0 heterocycles. The van der Waals surface area contributed by atoms with E-state index in [-0.39, 0.29) is 0 Å². The van der Waals surface area contributed by atoms with E-state index in [9.17, 15) is 5.21 Å². The topological polar surface area (TPSA) is 32.6 Å². The van der Waals surface area contributed by atoms with Crippen LogP contribution in [-0.4, -0.2) is 17.1 Å². The summed E-state index contributed by atoms with van der Waals surface area (Å²) in [4.78, 5) is 0. The minimum atomic E-state index is -0.654. The summed E-state index contributed by atoms with van der Waals surface area (Å²) >= 11 is 0. The highest BCUT2D eigenvalue weighted by atomic mass is 31.1. The van der Waals surface area contributed by atoms with Crippen molar-refractivity contribution >= 4 is 35.0 Å². The molecule has 1 N–H and O–H groups in total. The first kappa shape index (κ1) is 17.5. The first-order valence-electron chi connectivity index (χ1n) is 8.93. The molecule has 0 saturated carbocycles. The Morgan fingerprint density at radius 3 is 1.81 bits per heavy atom. The summed E-state index contributed by atoms with van der Waals surface area (Å²) in [7, 11) is -0.654. The number of oxime groups is 1. The molecule has 0 aliphatic rings. The van der Waals surface area contributed by atoms with E-state index >= 15 is 0 Å². The fourth-order valence-corrected chi connectivity index (χ4v) is 5.52. The predicted molar refractivity (Wildman–Crippen MR) is 116 cm³/mol. The van der Waals surface area contributed by atoms with Gasteiger partial charge in [0.2, 0.25) is 0 Å². The van der Waals surface area contributed by atoms with Crippen LogP contribution in [0.25, 0.3) is 10.8 Å². The number of fused-ring (bicyclic) bond motifs is 1. The van der Waals surface area contributed by atoms with Crippen molar-refractivity contribution in [2.24, 2.45) is 5.16 Å². The largest absolute Gasteiger partial charge is 0.411 e. The zero-order valence-corrected chi connectivity index (χ0v) is 15.8. The molecule has 0 atom stereocenters. The van der Waals surface area contributed by atoms with Crippen LogP contribution < -0.4 is 10.6 Å². The van der Waals surface area contributed by atoms with Gasteiger partial charge in [-0.2, -0.15) is 0 Å². The molecule has 4 aromatic carbocycles. The van der Waals surface area contributed by atoms with Gasteiger partial charge in [0, 0.05) is 11.7 Å². The van der Waals surface area contributed by atoms with Gasteiger partial charge in [-0.05, 0) is 35.4 Å². The van der Waals surface area contributed by atoms with Gasteiger partial charge in [-0.1, -0.05) is 102 Å². The lowest BCUT2D eigenvalue weighted by molar-refractivity contribution is 0.319. The molecule has 0 amide bonds. The maximum Gasteiger partial charge on any atom is 0.0916 e. The summed E-state index contributed by atoms with van der Waals surface area (Å²) in [6, 6.07) is 35.5. The van der Waals surface area contributed by atoms with Crippen LogP contribution in [0.4, 0.5) is 0 Å². The van der Waals surface area contributed by atoms with Crippen molar-refractivity contribution in [3.8, 4) is 0 Å². The molecule has 0 radical (unpaired) electrons. The van der Waals surface area contributed by atoms with E-state index in [0.29, 0.717) is 6.16 Å². The highest BCUT2D eigenvalue weighted by Gasteiger charge is 2.18. The van der Waals surface area contributed by atoms with Gasteiger partial charge >= 0.3 is 0 Å². The first-order valence-corrected chi connectivity index (χ1v) is 10.5. The molecule has 4 rings (SSSR count). The molecule has 27 heavy (non-hydrogen) atoms. The Hall–Kier alpha value is -2.96. The number of rotatable bonds is 5. The zero-order chi connectivity index (χ0) is 18.5. The lowest BCUT2D eigenvalue weighted by Gasteiger charge is -2.19. The van der Waals surface area contributed by atoms with Crippen molar-refractivity contribution in [3.63, 3.8) is 0 Å². The van der Waals surface area contributed by atoms with Gasteiger partial charge in [0.15, 0.2) is 0 Å². The van der Waals surface area contributed by atoms with Crippen molar-refractivity contribution < 1.29 is 5.21 Å². The Bertz CT molecular complexity index is 1020. The summed E-state index contributed by atoms with van der Waals surface area (Å²) in [6.07, 6.45) is 0.693. The third-order valence-corrected chi connectivity index (χ3v) is 7.11. The highest BCUT2D eigenvalue weighted by molar-refractivity contribution is 7.73. The second-order valence-electron chi connectivity index (χ2n) is 6.37. The molecule has 132 valence electrons. The second kappa shape index (κ2) is 8.16. The average molecular weight is 369 g/mol. The Kier molecular flexibility index (Phi) is 5.27. The van der Waals surface area contributed by atoms with Gasteiger partial charge in [-0.3, -0.25) is 0 Å². The molecule has 0 bridgehead atoms. The van der Waals surface area contributed by atoms with Crippen molar-refractivity contribution in [2.75, 3.05) is 6.16 Å². The summed E-state index contributed by atoms with van der Waals surface area (Å²) in [5.74, 6) is 0. The zero-order valence-electron chi connectivity index (χ0n) is 14.9. The Morgan fingerprint density at radius 1 is 0.667 bits per heavy atom. The summed E-state index contributed by atoms with van der Waals surface area (Å²) in [5, 5.41) is 18.4. The number of nitrogens with zero attached hydrogens (tertiary/aromatic N) is 1. The summed E-state index contributed by atoms with van der Waals surface area (Å²) in [6.45, 7) is 0. The maximum atomic E-state index is 9.79. The number of benzene rings is 4. The first-order chi connectivity index (χ1) is 13.3. The quantitative estimate of drug-likeness (QED) is 0.224. The van der Waals surface area contributed by atoms with Gasteiger partial charge in [0.05, 0.1) is 5.71 Å². The van der Waals surface area contributed by atoms with Crippen LogP contribution in [0, 0.1) is 0 Å². The van der Waals surface area contributed by atoms with E-state index in [1.165, 1.54) is 16.0 Å². The molecule has 0 aliphatic carbocycles. The molecule has 3 heteroatoms. The monoisotopic (exact) mass is 369 g/mol. The molecule has 0 saturated heterocycles. The fourth-order valence-electron chi connectivity index (χ4n) is 3.25. The molecule has 0 fully saturated rings. The third-order valence-electron chi connectivity index (χ3n) is 4.65. The lowest BCUT2D eigenvalue weighted by Crippen LogP contribution is -2.19. The number of hydrogen-bond acceptors (Lipinski definition) is 2. The Balaban J connectivity index is 1.72. The van der Waals surface area contributed by atoms with Crippen LogP contribution in [-0.2, 0) is 0 Å². The Labute approximate surface area is 160 Å². The normalized spacial score (nSPS) is 11.8. The van der Waals surface area contributed by atoms with E-state index in [1.807, 2.05) is 30.3 Å². The van der Waals surface area contributed by atoms with Gasteiger partial charge in [-0.15, -0.1) is 0 Å². The van der Waals surface area contributed by atoms with Crippen molar-refractivity contribution in [1.82, 2.24) is 0 Å². The van der Waals surface area contributed by atoms with Crippen LogP contribution in [0.2, 0.25) is 0 Å². The molecule has 0 aromatic heterocycles. The van der Waals surface area contributed by atoms with Gasteiger partial charge in [0.1, 0.15) is 0 Å². The molecule has 0 unspecified atom stereocenters. The molecule has 4 aromatic rings. The minimum absolute atomic E-state index is 0.654. The molecular weight excluding hydrogens is 349 g/mol. The van der Waals surface area contributed by atoms with Crippen LogP contribution in [0.3, 0.4) is 0 Å². The minimum Gasteiger partial charge on any atom is -0.411 e. The maximum absolute atomic E-state index is 9.79. The summed E-state index contributed by atoms with van der Waals surface area (Å²) < 4.78 is 0. The molecule has 0 aliphatic heterocycles. The van der Waals surface area contributed by atoms with E-state index < -0.39 is 7.92 Å². The van der Waals surface area contributed by atoms with Crippen molar-refractivity contribution in [2.45, 2.75) is 0 Å². The predicted octanol–water partition coefficient (Wildman–Crippen LogP) is 5.15. The highest BCUT2D eigenvalue weighted by Crippen LogP contribution is 2.34. The van der Waals surface area contributed by atoms with Crippen LogP contribution >= 0.6 is 7.92 Å². The average Bonchev–Trinajstić information content (AvgIpc) is 2.75. The van der Waals surface area contributed by atoms with E-state index in [0.717, 1.165) is 16.7 Å².